The summed E-state index contributed by atoms with van der Waals surface area (Å²) in [4.78, 5) is 42.8. The van der Waals surface area contributed by atoms with E-state index in [1.54, 1.807) is 30.3 Å². The molecule has 3 amide bonds. The van der Waals surface area contributed by atoms with Gasteiger partial charge in [-0.3, -0.25) is 19.3 Å². The number of fused-ring (bicyclic) bond motifs is 5. The molecule has 4 aliphatic rings. The number of ether oxygens (including phenoxy) is 2. The monoisotopic (exact) mass is 514 g/mol. The minimum Gasteiger partial charge on any atom is -0.504 e. The quantitative estimate of drug-likeness (QED) is 0.300. The standard InChI is InChI=1S/C28H23N3O7/c32-19-7-5-14(10-20(19)33)9-18-23-24(28(30-18)16-3-1-2-4-17(16)29-27(28)36)26(35)31(25(23)34)12-15-6-8-21-22(11-15)38-13-37-21/h1-8,10-11,18,23-24,30,32-33H,9,12-13H2,(H,29,36)/p+1/t18-,23-,24+,28-/m1/s1. The molecule has 4 atom stereocenters. The zero-order valence-electron chi connectivity index (χ0n) is 20.1. The molecule has 1 spiro atoms. The number of benzene rings is 3. The van der Waals surface area contributed by atoms with Crippen molar-refractivity contribution in [3.63, 3.8) is 0 Å². The number of nitrogens with zero attached hydrogens (tertiary/aromatic N) is 1. The number of carbonyl (C=O) groups excluding carboxylic acids is 3. The number of imide groups is 1. The van der Waals surface area contributed by atoms with Crippen molar-refractivity contribution in [2.24, 2.45) is 11.8 Å². The number of para-hydroxylation sites is 1. The second-order valence-electron chi connectivity index (χ2n) is 10.2. The largest absolute Gasteiger partial charge is 0.504 e. The number of aromatic hydroxyl groups is 2. The van der Waals surface area contributed by atoms with E-state index in [-0.39, 0.29) is 36.7 Å². The molecule has 0 unspecified atom stereocenters. The number of rotatable bonds is 4. The highest BCUT2D eigenvalue weighted by atomic mass is 16.7. The number of anilines is 1. The van der Waals surface area contributed by atoms with Crippen LogP contribution in [0, 0.1) is 11.8 Å². The Morgan fingerprint density at radius 2 is 1.71 bits per heavy atom. The van der Waals surface area contributed by atoms with Crippen LogP contribution in [0.4, 0.5) is 5.69 Å². The Balaban J connectivity index is 1.29. The van der Waals surface area contributed by atoms with Gasteiger partial charge in [-0.25, -0.2) is 0 Å². The second-order valence-corrected chi connectivity index (χ2v) is 10.2. The van der Waals surface area contributed by atoms with Crippen LogP contribution in [0.5, 0.6) is 23.0 Å². The third-order valence-corrected chi connectivity index (χ3v) is 8.16. The van der Waals surface area contributed by atoms with E-state index in [2.05, 4.69) is 5.32 Å². The number of nitrogens with one attached hydrogen (secondary N) is 1. The molecule has 0 aromatic heterocycles. The van der Waals surface area contributed by atoms with Crippen LogP contribution in [-0.4, -0.2) is 45.7 Å². The van der Waals surface area contributed by atoms with Gasteiger partial charge in [0.25, 0.3) is 5.91 Å². The maximum Gasteiger partial charge on any atom is 0.291 e. The minimum atomic E-state index is -1.29. The summed E-state index contributed by atoms with van der Waals surface area (Å²) in [5.74, 6) is -2.06. The van der Waals surface area contributed by atoms with Gasteiger partial charge in [-0.2, -0.15) is 0 Å². The van der Waals surface area contributed by atoms with Crippen molar-refractivity contribution in [3.05, 3.63) is 77.4 Å². The first-order valence-electron chi connectivity index (χ1n) is 12.4. The molecular formula is C28H24N3O7+. The lowest BCUT2D eigenvalue weighted by atomic mass is 9.76. The van der Waals surface area contributed by atoms with Gasteiger partial charge in [0, 0.05) is 12.0 Å². The van der Waals surface area contributed by atoms with Crippen LogP contribution in [0.3, 0.4) is 0 Å². The molecule has 0 bridgehead atoms. The molecule has 192 valence electrons. The second kappa shape index (κ2) is 7.96. The highest BCUT2D eigenvalue weighted by Crippen LogP contribution is 2.49. The number of quaternary nitrogens is 1. The van der Waals surface area contributed by atoms with E-state index in [4.69, 9.17) is 9.47 Å². The highest BCUT2D eigenvalue weighted by Gasteiger charge is 2.74. The number of phenolic OH excluding ortho intramolecular Hbond substituents is 2. The van der Waals surface area contributed by atoms with Crippen molar-refractivity contribution in [2.75, 3.05) is 12.1 Å². The van der Waals surface area contributed by atoms with Crippen molar-refractivity contribution < 1.29 is 39.4 Å². The van der Waals surface area contributed by atoms with Gasteiger partial charge in [-0.1, -0.05) is 30.3 Å². The molecular weight excluding hydrogens is 490 g/mol. The number of amides is 3. The summed E-state index contributed by atoms with van der Waals surface area (Å²) in [5.41, 5.74) is 1.41. The van der Waals surface area contributed by atoms with Gasteiger partial charge in [-0.05, 0) is 41.5 Å². The summed E-state index contributed by atoms with van der Waals surface area (Å²) in [5, 5.41) is 24.5. The van der Waals surface area contributed by atoms with Crippen molar-refractivity contribution in [1.82, 2.24) is 4.90 Å². The summed E-state index contributed by atoms with van der Waals surface area (Å²) < 4.78 is 10.8. The Labute approximate surface area is 216 Å². The van der Waals surface area contributed by atoms with Crippen LogP contribution in [0.15, 0.2) is 60.7 Å². The van der Waals surface area contributed by atoms with E-state index in [9.17, 15) is 24.6 Å². The summed E-state index contributed by atoms with van der Waals surface area (Å²) >= 11 is 0. The molecule has 7 rings (SSSR count). The molecule has 38 heavy (non-hydrogen) atoms. The number of carbonyl (C=O) groups is 3. The molecule has 4 aliphatic heterocycles. The summed E-state index contributed by atoms with van der Waals surface area (Å²) in [7, 11) is 0. The molecule has 3 aromatic rings. The summed E-state index contributed by atoms with van der Waals surface area (Å²) in [6.07, 6.45) is 0.309. The first kappa shape index (κ1) is 22.6. The first-order chi connectivity index (χ1) is 18.4. The van der Waals surface area contributed by atoms with Gasteiger partial charge in [0.15, 0.2) is 23.0 Å². The van der Waals surface area contributed by atoms with Crippen LogP contribution in [0.1, 0.15) is 16.7 Å². The van der Waals surface area contributed by atoms with Crippen LogP contribution in [0.2, 0.25) is 0 Å². The van der Waals surface area contributed by atoms with E-state index in [0.29, 0.717) is 40.3 Å². The van der Waals surface area contributed by atoms with E-state index in [1.165, 1.54) is 17.0 Å². The average Bonchev–Trinajstić information content (AvgIpc) is 3.63. The fraction of sp³-hybridized carbons (Fsp3) is 0.250. The molecule has 10 heteroatoms. The van der Waals surface area contributed by atoms with Crippen molar-refractivity contribution in [2.45, 2.75) is 24.5 Å². The molecule has 0 radical (unpaired) electrons. The van der Waals surface area contributed by atoms with E-state index in [1.807, 2.05) is 23.5 Å². The van der Waals surface area contributed by atoms with Crippen LogP contribution >= 0.6 is 0 Å². The molecule has 2 fully saturated rings. The van der Waals surface area contributed by atoms with Gasteiger partial charge in [0.1, 0.15) is 17.9 Å². The maximum atomic E-state index is 14.0. The molecule has 4 heterocycles. The number of nitrogens with two attached hydrogens (primary N) is 1. The molecule has 5 N–H and O–H groups in total. The Morgan fingerprint density at radius 3 is 2.55 bits per heavy atom. The minimum absolute atomic E-state index is 0.0490. The first-order valence-corrected chi connectivity index (χ1v) is 12.4. The predicted molar refractivity (Wildman–Crippen MR) is 131 cm³/mol. The molecule has 3 aromatic carbocycles. The smallest absolute Gasteiger partial charge is 0.291 e. The van der Waals surface area contributed by atoms with Gasteiger partial charge >= 0.3 is 0 Å². The topological polar surface area (TPSA) is 142 Å². The van der Waals surface area contributed by atoms with E-state index >= 15 is 0 Å². The average molecular weight is 515 g/mol. The Hall–Kier alpha value is -4.57. The number of phenols is 2. The van der Waals surface area contributed by atoms with E-state index in [0.717, 1.165) is 0 Å². The lowest BCUT2D eigenvalue weighted by Gasteiger charge is -2.26. The van der Waals surface area contributed by atoms with Crippen LogP contribution in [-0.2, 0) is 32.9 Å². The molecule has 2 saturated heterocycles. The fourth-order valence-electron chi connectivity index (χ4n) is 6.51. The van der Waals surface area contributed by atoms with Crippen LogP contribution < -0.4 is 20.1 Å². The number of likely N-dealkylation sites (tertiary alicyclic amines) is 1. The Morgan fingerprint density at radius 1 is 0.921 bits per heavy atom. The summed E-state index contributed by atoms with van der Waals surface area (Å²) in [6.45, 7) is 0.166. The van der Waals surface area contributed by atoms with Crippen molar-refractivity contribution >= 4 is 23.4 Å². The lowest BCUT2D eigenvalue weighted by Crippen LogP contribution is -2.99. The summed E-state index contributed by atoms with van der Waals surface area (Å²) in [6, 6.07) is 16.6. The Kier molecular flexibility index (Phi) is 4.74. The van der Waals surface area contributed by atoms with Crippen molar-refractivity contribution in [1.29, 1.82) is 0 Å². The highest BCUT2D eigenvalue weighted by molar-refractivity contribution is 6.13. The molecule has 0 aliphatic carbocycles. The molecule has 0 saturated carbocycles. The number of hydrogen-bond acceptors (Lipinski definition) is 7. The zero-order chi connectivity index (χ0) is 26.2. The lowest BCUT2D eigenvalue weighted by molar-refractivity contribution is -0.733. The van der Waals surface area contributed by atoms with Gasteiger partial charge in [0.2, 0.25) is 24.1 Å². The van der Waals surface area contributed by atoms with Gasteiger partial charge in [0.05, 0.1) is 12.2 Å². The maximum absolute atomic E-state index is 14.0. The number of hydrogen-bond donors (Lipinski definition) is 4. The van der Waals surface area contributed by atoms with Crippen LogP contribution in [0.25, 0.3) is 0 Å². The van der Waals surface area contributed by atoms with E-state index < -0.39 is 29.3 Å². The third kappa shape index (κ3) is 3.07. The molecule has 10 nitrogen and oxygen atoms in total. The van der Waals surface area contributed by atoms with Gasteiger partial charge < -0.3 is 30.3 Å². The normalized spacial score (nSPS) is 26.7. The fourth-order valence-corrected chi connectivity index (χ4v) is 6.51. The predicted octanol–water partition coefficient (Wildman–Crippen LogP) is 0.964. The third-order valence-electron chi connectivity index (χ3n) is 8.16. The van der Waals surface area contributed by atoms with Gasteiger partial charge in [-0.15, -0.1) is 0 Å². The SMILES string of the molecule is O=C1[C@H]2[C@@H](C(=O)N1Cc1ccc3c(c1)OCO3)[C@@]1([NH2+][C@@H]2Cc2ccc(O)c(O)c2)C(=O)Nc2ccccc21. The Bertz CT molecular complexity index is 1540. The van der Waals surface area contributed by atoms with Crippen molar-refractivity contribution in [3.8, 4) is 23.0 Å². The zero-order valence-corrected chi connectivity index (χ0v) is 20.1.